The number of nitrogens with zero attached hydrogens (tertiary/aromatic N) is 3. The van der Waals surface area contributed by atoms with Gasteiger partial charge in [0, 0.05) is 12.6 Å². The van der Waals surface area contributed by atoms with Gasteiger partial charge >= 0.3 is 0 Å². The molecule has 3 aromatic rings. The molecule has 3 rings (SSSR count). The molecule has 0 bridgehead atoms. The first kappa shape index (κ1) is 24.7. The molecule has 0 aliphatic rings. The van der Waals surface area contributed by atoms with Crippen molar-refractivity contribution in [1.29, 1.82) is 0 Å². The average molecular weight is 494 g/mol. The van der Waals surface area contributed by atoms with Gasteiger partial charge in [0.25, 0.3) is 0 Å². The largest absolute Gasteiger partial charge is 0.488 e. The first-order chi connectivity index (χ1) is 15.8. The number of carbonyl (C=O) groups excluding carboxylic acids is 1. The molecule has 174 valence electrons. The summed E-state index contributed by atoms with van der Waals surface area (Å²) in [6.45, 7) is 0.286. The van der Waals surface area contributed by atoms with Gasteiger partial charge in [-0.1, -0.05) is 29.3 Å². The molecular formula is C22H22Cl2FN5O3. The number of hydrogen-bond acceptors (Lipinski definition) is 7. The fourth-order valence-electron chi connectivity index (χ4n) is 2.91. The number of aliphatic hydroxyl groups is 1. The van der Waals surface area contributed by atoms with E-state index in [0.717, 1.165) is 0 Å². The SMILES string of the molecule is CN(C)C/C=C/C(=O)Nc1ccc2ncnc(Nc3ccc(Cl)c(Cl)c3F)c2c1OCCO. The van der Waals surface area contributed by atoms with Gasteiger partial charge in [-0.15, -0.1) is 0 Å². The van der Waals surface area contributed by atoms with E-state index in [1.807, 2.05) is 19.0 Å². The van der Waals surface area contributed by atoms with Crippen LogP contribution in [0.3, 0.4) is 0 Å². The van der Waals surface area contributed by atoms with Crippen LogP contribution in [0.15, 0.2) is 42.7 Å². The zero-order chi connectivity index (χ0) is 24.0. The Bertz CT molecular complexity index is 1190. The molecule has 0 aliphatic carbocycles. The molecule has 2 aromatic carbocycles. The van der Waals surface area contributed by atoms with Crippen LogP contribution in [0.4, 0.5) is 21.6 Å². The lowest BCUT2D eigenvalue weighted by molar-refractivity contribution is -0.111. The Morgan fingerprint density at radius 1 is 1.21 bits per heavy atom. The number of fused-ring (bicyclic) bond motifs is 1. The quantitative estimate of drug-likeness (QED) is 0.302. The van der Waals surface area contributed by atoms with E-state index in [1.54, 1.807) is 18.2 Å². The Kier molecular flexibility index (Phi) is 8.40. The summed E-state index contributed by atoms with van der Waals surface area (Å²) in [7, 11) is 3.77. The Labute approximate surface area is 200 Å². The van der Waals surface area contributed by atoms with E-state index in [0.29, 0.717) is 23.1 Å². The summed E-state index contributed by atoms with van der Waals surface area (Å²) in [4.78, 5) is 22.8. The van der Waals surface area contributed by atoms with Gasteiger partial charge in [-0.25, -0.2) is 14.4 Å². The van der Waals surface area contributed by atoms with E-state index >= 15 is 0 Å². The Balaban J connectivity index is 2.05. The van der Waals surface area contributed by atoms with Crippen molar-refractivity contribution in [1.82, 2.24) is 14.9 Å². The molecule has 0 unspecified atom stereocenters. The molecule has 0 aliphatic heterocycles. The number of nitrogens with one attached hydrogen (secondary N) is 2. The summed E-state index contributed by atoms with van der Waals surface area (Å²) in [5, 5.41) is 15.2. The third-order valence-electron chi connectivity index (χ3n) is 4.38. The van der Waals surface area contributed by atoms with Gasteiger partial charge in [-0.3, -0.25) is 4.79 Å². The minimum absolute atomic E-state index is 0.0403. The highest BCUT2D eigenvalue weighted by Gasteiger charge is 2.18. The van der Waals surface area contributed by atoms with E-state index in [4.69, 9.17) is 27.9 Å². The van der Waals surface area contributed by atoms with Gasteiger partial charge in [0.1, 0.15) is 18.8 Å². The van der Waals surface area contributed by atoms with E-state index in [1.165, 1.54) is 24.5 Å². The van der Waals surface area contributed by atoms with Crippen LogP contribution in [-0.2, 0) is 4.79 Å². The van der Waals surface area contributed by atoms with Gasteiger partial charge in [-0.05, 0) is 38.4 Å². The van der Waals surface area contributed by atoms with Gasteiger partial charge in [0.15, 0.2) is 11.6 Å². The molecule has 0 fully saturated rings. The normalized spacial score (nSPS) is 11.4. The lowest BCUT2D eigenvalue weighted by Gasteiger charge is -2.17. The van der Waals surface area contributed by atoms with Crippen molar-refractivity contribution in [3.63, 3.8) is 0 Å². The Morgan fingerprint density at radius 2 is 1.97 bits per heavy atom. The summed E-state index contributed by atoms with van der Waals surface area (Å²) in [6.07, 6.45) is 4.43. The van der Waals surface area contributed by atoms with E-state index in [-0.39, 0.29) is 46.4 Å². The molecule has 0 atom stereocenters. The third kappa shape index (κ3) is 6.08. The first-order valence-corrected chi connectivity index (χ1v) is 10.6. The average Bonchev–Trinajstić information content (AvgIpc) is 2.78. The van der Waals surface area contributed by atoms with E-state index < -0.39 is 5.82 Å². The molecular weight excluding hydrogens is 472 g/mol. The monoisotopic (exact) mass is 493 g/mol. The van der Waals surface area contributed by atoms with E-state index in [9.17, 15) is 14.3 Å². The summed E-state index contributed by atoms with van der Waals surface area (Å²) in [5.41, 5.74) is 0.850. The summed E-state index contributed by atoms with van der Waals surface area (Å²) in [6, 6.07) is 6.17. The minimum Gasteiger partial charge on any atom is -0.488 e. The van der Waals surface area contributed by atoms with Crippen LogP contribution in [0.2, 0.25) is 10.0 Å². The molecule has 11 heteroatoms. The van der Waals surface area contributed by atoms with Gasteiger partial charge in [-0.2, -0.15) is 0 Å². The summed E-state index contributed by atoms with van der Waals surface area (Å²) in [5.74, 6) is -0.680. The van der Waals surface area contributed by atoms with Crippen LogP contribution in [-0.4, -0.2) is 59.7 Å². The van der Waals surface area contributed by atoms with Crippen molar-refractivity contribution < 1.29 is 19.0 Å². The van der Waals surface area contributed by atoms with Crippen LogP contribution >= 0.6 is 23.2 Å². The number of aromatic nitrogens is 2. The maximum atomic E-state index is 14.6. The summed E-state index contributed by atoms with van der Waals surface area (Å²) >= 11 is 11.8. The minimum atomic E-state index is -0.746. The molecule has 8 nitrogen and oxygen atoms in total. The standard InChI is InChI=1S/C22H22Cl2FN5O3/c1-30(2)9-3-4-17(32)28-16-8-7-14-18(21(16)33-11-10-31)22(27-12-26-14)29-15-6-5-13(23)19(24)20(15)25/h3-8,12,31H,9-11H2,1-2H3,(H,28,32)(H,26,27,29)/b4-3+. The molecule has 0 radical (unpaired) electrons. The second-order valence-electron chi connectivity index (χ2n) is 7.13. The molecule has 3 N–H and O–H groups in total. The number of likely N-dealkylation sites (N-methyl/N-ethyl adjacent to an activating group) is 1. The second-order valence-corrected chi connectivity index (χ2v) is 7.92. The van der Waals surface area contributed by atoms with Crippen molar-refractivity contribution in [2.24, 2.45) is 0 Å². The molecule has 0 saturated carbocycles. The van der Waals surface area contributed by atoms with Crippen molar-refractivity contribution in [2.45, 2.75) is 0 Å². The predicted molar refractivity (Wildman–Crippen MR) is 128 cm³/mol. The maximum Gasteiger partial charge on any atom is 0.248 e. The highest BCUT2D eigenvalue weighted by Crippen LogP contribution is 2.39. The fourth-order valence-corrected chi connectivity index (χ4v) is 3.22. The zero-order valence-electron chi connectivity index (χ0n) is 17.9. The highest BCUT2D eigenvalue weighted by atomic mass is 35.5. The van der Waals surface area contributed by atoms with Crippen LogP contribution in [0.5, 0.6) is 5.75 Å². The summed E-state index contributed by atoms with van der Waals surface area (Å²) < 4.78 is 20.4. The second kappa shape index (κ2) is 11.2. The fraction of sp³-hybridized carbons (Fsp3) is 0.227. The van der Waals surface area contributed by atoms with Crippen LogP contribution in [0.25, 0.3) is 10.9 Å². The third-order valence-corrected chi connectivity index (χ3v) is 5.16. The number of amides is 1. The molecule has 1 amide bonds. The topological polar surface area (TPSA) is 99.6 Å². The molecule has 1 heterocycles. The number of carbonyl (C=O) groups is 1. The van der Waals surface area contributed by atoms with Gasteiger partial charge in [0.05, 0.1) is 38.9 Å². The van der Waals surface area contributed by atoms with Crippen molar-refractivity contribution in [3.05, 3.63) is 58.6 Å². The smallest absolute Gasteiger partial charge is 0.248 e. The van der Waals surface area contributed by atoms with E-state index in [2.05, 4.69) is 20.6 Å². The maximum absolute atomic E-state index is 14.6. The van der Waals surface area contributed by atoms with Gasteiger partial charge in [0.2, 0.25) is 5.91 Å². The number of hydrogen-bond donors (Lipinski definition) is 3. The first-order valence-electron chi connectivity index (χ1n) is 9.86. The Hall–Kier alpha value is -2.98. The molecule has 0 saturated heterocycles. The predicted octanol–water partition coefficient (Wildman–Crippen LogP) is 4.25. The van der Waals surface area contributed by atoms with Gasteiger partial charge < -0.3 is 25.4 Å². The number of rotatable bonds is 9. The Morgan fingerprint density at radius 3 is 2.70 bits per heavy atom. The number of aliphatic hydroxyl groups excluding tert-OH is 1. The number of halogens is 3. The number of benzene rings is 2. The van der Waals surface area contributed by atoms with Crippen molar-refractivity contribution >= 4 is 57.2 Å². The lowest BCUT2D eigenvalue weighted by Crippen LogP contribution is -2.14. The molecule has 1 aromatic heterocycles. The highest BCUT2D eigenvalue weighted by molar-refractivity contribution is 6.42. The van der Waals surface area contributed by atoms with Crippen molar-refractivity contribution in [2.75, 3.05) is 44.5 Å². The number of anilines is 3. The van der Waals surface area contributed by atoms with Crippen molar-refractivity contribution in [3.8, 4) is 5.75 Å². The zero-order valence-corrected chi connectivity index (χ0v) is 19.4. The molecule has 0 spiro atoms. The van der Waals surface area contributed by atoms with Crippen LogP contribution in [0.1, 0.15) is 0 Å². The van der Waals surface area contributed by atoms with Crippen LogP contribution < -0.4 is 15.4 Å². The van der Waals surface area contributed by atoms with Crippen LogP contribution in [0, 0.1) is 5.82 Å². The molecule has 33 heavy (non-hydrogen) atoms. The number of ether oxygens (including phenoxy) is 1. The lowest BCUT2D eigenvalue weighted by atomic mass is 10.1.